The first kappa shape index (κ1) is 11.6. The number of amides is 1. The normalized spacial score (nSPS) is 16.9. The van der Waals surface area contributed by atoms with E-state index in [0.717, 1.165) is 29.5 Å². The summed E-state index contributed by atoms with van der Waals surface area (Å²) in [7, 11) is 1.88. The highest BCUT2D eigenvalue weighted by molar-refractivity contribution is 9.10. The van der Waals surface area contributed by atoms with Crippen LogP contribution in [0.25, 0.3) is 0 Å². The minimum atomic E-state index is -0.170. The average molecular weight is 283 g/mol. The van der Waals surface area contributed by atoms with Crippen molar-refractivity contribution in [2.24, 2.45) is 5.41 Å². The van der Waals surface area contributed by atoms with Crippen LogP contribution in [0.2, 0.25) is 0 Å². The third-order valence-corrected chi connectivity index (χ3v) is 3.43. The van der Waals surface area contributed by atoms with Gasteiger partial charge in [-0.25, -0.2) is 0 Å². The second-order valence-electron chi connectivity index (χ2n) is 4.28. The zero-order valence-corrected chi connectivity index (χ0v) is 10.8. The molecular formula is C12H15BrN2O. The molecule has 0 radical (unpaired) electrons. The highest BCUT2D eigenvalue weighted by Gasteiger charge is 2.49. The molecule has 1 aliphatic rings. The lowest BCUT2D eigenvalue weighted by Crippen LogP contribution is -2.32. The minimum absolute atomic E-state index is 0.125. The van der Waals surface area contributed by atoms with Crippen LogP contribution in [0.3, 0.4) is 0 Å². The quantitative estimate of drug-likeness (QED) is 0.890. The van der Waals surface area contributed by atoms with Crippen LogP contribution >= 0.6 is 15.9 Å². The van der Waals surface area contributed by atoms with Crippen LogP contribution in [-0.4, -0.2) is 19.5 Å². The van der Waals surface area contributed by atoms with Crippen LogP contribution in [0, 0.1) is 5.41 Å². The van der Waals surface area contributed by atoms with Gasteiger partial charge in [0.25, 0.3) is 0 Å². The zero-order chi connectivity index (χ0) is 11.6. The molecule has 0 bridgehead atoms. The molecule has 0 heterocycles. The van der Waals surface area contributed by atoms with E-state index in [9.17, 15) is 4.79 Å². The van der Waals surface area contributed by atoms with Gasteiger partial charge in [0, 0.05) is 16.7 Å². The molecule has 1 amide bonds. The molecule has 1 aromatic rings. The summed E-state index contributed by atoms with van der Waals surface area (Å²) in [4.78, 5) is 12.0. The molecule has 0 spiro atoms. The van der Waals surface area contributed by atoms with E-state index in [4.69, 9.17) is 0 Å². The van der Waals surface area contributed by atoms with E-state index < -0.39 is 0 Å². The van der Waals surface area contributed by atoms with E-state index >= 15 is 0 Å². The number of carbonyl (C=O) groups is 1. The maximum atomic E-state index is 12.0. The van der Waals surface area contributed by atoms with Crippen LogP contribution in [0.15, 0.2) is 28.7 Å². The van der Waals surface area contributed by atoms with Crippen LogP contribution < -0.4 is 10.6 Å². The van der Waals surface area contributed by atoms with Gasteiger partial charge in [0.15, 0.2) is 0 Å². The zero-order valence-electron chi connectivity index (χ0n) is 9.22. The molecule has 0 aromatic heterocycles. The molecule has 4 heteroatoms. The first-order chi connectivity index (χ1) is 7.66. The molecule has 0 atom stereocenters. The van der Waals surface area contributed by atoms with Gasteiger partial charge in [-0.3, -0.25) is 4.79 Å². The molecule has 0 aliphatic heterocycles. The second kappa shape index (κ2) is 4.55. The van der Waals surface area contributed by atoms with Crippen molar-refractivity contribution in [3.8, 4) is 0 Å². The van der Waals surface area contributed by atoms with Gasteiger partial charge < -0.3 is 10.6 Å². The molecule has 3 nitrogen and oxygen atoms in total. The summed E-state index contributed by atoms with van der Waals surface area (Å²) in [6, 6.07) is 7.67. The molecule has 2 N–H and O–H groups in total. The van der Waals surface area contributed by atoms with E-state index in [2.05, 4.69) is 26.6 Å². The van der Waals surface area contributed by atoms with Gasteiger partial charge in [0.05, 0.1) is 5.41 Å². The molecule has 2 rings (SSSR count). The van der Waals surface area contributed by atoms with Gasteiger partial charge in [-0.2, -0.15) is 0 Å². The summed E-state index contributed by atoms with van der Waals surface area (Å²) < 4.78 is 0.976. The maximum absolute atomic E-state index is 12.0. The van der Waals surface area contributed by atoms with E-state index in [1.165, 1.54) is 0 Å². The van der Waals surface area contributed by atoms with Gasteiger partial charge in [-0.15, -0.1) is 0 Å². The average Bonchev–Trinajstić information content (AvgIpc) is 2.99. The lowest BCUT2D eigenvalue weighted by atomic mass is 10.1. The summed E-state index contributed by atoms with van der Waals surface area (Å²) in [5, 5.41) is 6.04. The van der Waals surface area contributed by atoms with Crippen LogP contribution in [0.5, 0.6) is 0 Å². The van der Waals surface area contributed by atoms with E-state index in [0.29, 0.717) is 0 Å². The summed E-state index contributed by atoms with van der Waals surface area (Å²) in [5.41, 5.74) is 0.679. The van der Waals surface area contributed by atoms with Gasteiger partial charge in [-0.05, 0) is 38.1 Å². The monoisotopic (exact) mass is 282 g/mol. The van der Waals surface area contributed by atoms with Crippen molar-refractivity contribution in [2.75, 3.05) is 18.9 Å². The fourth-order valence-electron chi connectivity index (χ4n) is 1.80. The van der Waals surface area contributed by atoms with E-state index in [1.807, 2.05) is 31.3 Å². The second-order valence-corrected chi connectivity index (χ2v) is 5.19. The molecule has 1 fully saturated rings. The summed E-state index contributed by atoms with van der Waals surface area (Å²) in [6.07, 6.45) is 1.96. The molecular weight excluding hydrogens is 268 g/mol. The fourth-order valence-corrected chi connectivity index (χ4v) is 2.20. The van der Waals surface area contributed by atoms with Crippen molar-refractivity contribution in [1.82, 2.24) is 5.32 Å². The predicted octanol–water partition coefficient (Wildman–Crippen LogP) is 2.39. The molecule has 1 aliphatic carbocycles. The van der Waals surface area contributed by atoms with Gasteiger partial charge >= 0.3 is 0 Å². The van der Waals surface area contributed by atoms with Crippen LogP contribution in [0.4, 0.5) is 5.69 Å². The Hall–Kier alpha value is -0.870. The smallest absolute Gasteiger partial charge is 0.231 e. The molecule has 0 unspecified atom stereocenters. The van der Waals surface area contributed by atoms with Gasteiger partial charge in [-0.1, -0.05) is 22.0 Å². The number of hydrogen-bond acceptors (Lipinski definition) is 2. The molecule has 86 valence electrons. The number of halogens is 1. The summed E-state index contributed by atoms with van der Waals surface area (Å²) in [5.74, 6) is 0.125. The standard InChI is InChI=1S/C12H15BrN2O/c1-14-8-12(5-6-12)11(16)15-10-4-2-3-9(13)7-10/h2-4,7,14H,5-6,8H2,1H3,(H,15,16). The van der Waals surface area contributed by atoms with E-state index in [-0.39, 0.29) is 11.3 Å². The Labute approximate surface area is 104 Å². The lowest BCUT2D eigenvalue weighted by Gasteiger charge is -2.14. The Bertz CT molecular complexity index is 402. The number of benzene rings is 1. The molecule has 16 heavy (non-hydrogen) atoms. The van der Waals surface area contributed by atoms with Crippen LogP contribution in [-0.2, 0) is 4.79 Å². The number of nitrogens with one attached hydrogen (secondary N) is 2. The van der Waals surface area contributed by atoms with Crippen molar-refractivity contribution in [2.45, 2.75) is 12.8 Å². The van der Waals surface area contributed by atoms with Crippen molar-refractivity contribution in [3.63, 3.8) is 0 Å². The highest BCUT2D eigenvalue weighted by atomic mass is 79.9. The minimum Gasteiger partial charge on any atom is -0.326 e. The Morgan fingerprint density at radius 3 is 2.81 bits per heavy atom. The molecule has 1 saturated carbocycles. The third-order valence-electron chi connectivity index (χ3n) is 2.93. The summed E-state index contributed by atoms with van der Waals surface area (Å²) in [6.45, 7) is 0.757. The van der Waals surface area contributed by atoms with E-state index in [1.54, 1.807) is 0 Å². The molecule has 0 saturated heterocycles. The number of hydrogen-bond donors (Lipinski definition) is 2. The van der Waals surface area contributed by atoms with Crippen molar-refractivity contribution < 1.29 is 4.79 Å². The van der Waals surface area contributed by atoms with Crippen molar-refractivity contribution in [1.29, 1.82) is 0 Å². The first-order valence-corrected chi connectivity index (χ1v) is 6.17. The third kappa shape index (κ3) is 2.44. The Morgan fingerprint density at radius 1 is 1.50 bits per heavy atom. The number of anilines is 1. The SMILES string of the molecule is CNCC1(C(=O)Nc2cccc(Br)c2)CC1. The topological polar surface area (TPSA) is 41.1 Å². The van der Waals surface area contributed by atoms with Crippen molar-refractivity contribution in [3.05, 3.63) is 28.7 Å². The maximum Gasteiger partial charge on any atom is 0.231 e. The lowest BCUT2D eigenvalue weighted by molar-refractivity contribution is -0.120. The first-order valence-electron chi connectivity index (χ1n) is 5.38. The van der Waals surface area contributed by atoms with Gasteiger partial charge in [0.2, 0.25) is 5.91 Å². The fraction of sp³-hybridized carbons (Fsp3) is 0.417. The van der Waals surface area contributed by atoms with Crippen molar-refractivity contribution >= 4 is 27.5 Å². The Morgan fingerprint density at radius 2 is 2.25 bits per heavy atom. The predicted molar refractivity (Wildman–Crippen MR) is 68.4 cm³/mol. The largest absolute Gasteiger partial charge is 0.326 e. The summed E-state index contributed by atoms with van der Waals surface area (Å²) >= 11 is 3.39. The number of carbonyl (C=O) groups excluding carboxylic acids is 1. The van der Waals surface area contributed by atoms with Gasteiger partial charge in [0.1, 0.15) is 0 Å². The number of rotatable bonds is 4. The Kier molecular flexibility index (Phi) is 3.30. The van der Waals surface area contributed by atoms with Crippen LogP contribution in [0.1, 0.15) is 12.8 Å². The Balaban J connectivity index is 2.02. The molecule has 1 aromatic carbocycles. The highest BCUT2D eigenvalue weighted by Crippen LogP contribution is 2.45.